The van der Waals surface area contributed by atoms with Gasteiger partial charge in [-0.1, -0.05) is 32.0 Å². The zero-order chi connectivity index (χ0) is 14.7. The Morgan fingerprint density at radius 2 is 2.14 bits per heavy atom. The van der Waals surface area contributed by atoms with E-state index in [2.05, 4.69) is 43.0 Å². The first-order chi connectivity index (χ1) is 10.0. The summed E-state index contributed by atoms with van der Waals surface area (Å²) in [5, 5.41) is 0. The number of hydrogen-bond donors (Lipinski definition) is 1. The van der Waals surface area contributed by atoms with E-state index in [9.17, 15) is 0 Å². The van der Waals surface area contributed by atoms with E-state index in [0.717, 1.165) is 26.1 Å². The van der Waals surface area contributed by atoms with Gasteiger partial charge in [-0.05, 0) is 30.9 Å². The van der Waals surface area contributed by atoms with Crippen LogP contribution >= 0.6 is 0 Å². The van der Waals surface area contributed by atoms with Crippen molar-refractivity contribution in [1.29, 1.82) is 0 Å². The molecule has 0 amide bonds. The quantitative estimate of drug-likeness (QED) is 0.908. The monoisotopic (exact) mass is 286 g/mol. The highest BCUT2D eigenvalue weighted by Gasteiger charge is 2.67. The van der Waals surface area contributed by atoms with E-state index in [1.165, 1.54) is 24.1 Å². The average Bonchev–Trinajstić information content (AvgIpc) is 2.96. The maximum atomic E-state index is 6.93. The summed E-state index contributed by atoms with van der Waals surface area (Å²) in [5.74, 6) is 0.529. The van der Waals surface area contributed by atoms with E-state index in [1.807, 2.05) is 0 Å². The fourth-order valence-electron chi connectivity index (χ4n) is 4.89. The minimum absolute atomic E-state index is 0.0700. The minimum Gasteiger partial charge on any atom is -0.377 e. The third-order valence-corrected chi connectivity index (χ3v) is 6.32. The van der Waals surface area contributed by atoms with Gasteiger partial charge in [0.1, 0.15) is 0 Å². The predicted octanol–water partition coefficient (Wildman–Crippen LogP) is 2.58. The van der Waals surface area contributed by atoms with Gasteiger partial charge in [0.25, 0.3) is 0 Å². The lowest BCUT2D eigenvalue weighted by Crippen LogP contribution is -2.78. The summed E-state index contributed by atoms with van der Waals surface area (Å²) in [6.45, 7) is 7.55. The third-order valence-electron chi connectivity index (χ3n) is 6.32. The van der Waals surface area contributed by atoms with Crippen molar-refractivity contribution in [3.8, 4) is 0 Å². The van der Waals surface area contributed by atoms with Gasteiger partial charge in [-0.15, -0.1) is 0 Å². The number of hydrogen-bond acceptors (Lipinski definition) is 3. The lowest BCUT2D eigenvalue weighted by molar-refractivity contribution is -0.151. The van der Waals surface area contributed by atoms with Crippen LogP contribution < -0.4 is 10.6 Å². The molecule has 0 spiro atoms. The highest BCUT2D eigenvalue weighted by atomic mass is 16.5. The lowest BCUT2D eigenvalue weighted by Gasteiger charge is -2.63. The second-order valence-electron chi connectivity index (χ2n) is 7.60. The molecule has 114 valence electrons. The number of benzene rings is 1. The van der Waals surface area contributed by atoms with Crippen molar-refractivity contribution in [3.05, 3.63) is 29.8 Å². The van der Waals surface area contributed by atoms with E-state index in [4.69, 9.17) is 10.5 Å². The Morgan fingerprint density at radius 1 is 1.33 bits per heavy atom. The summed E-state index contributed by atoms with van der Waals surface area (Å²) in [7, 11) is 0. The second kappa shape index (κ2) is 4.47. The fourth-order valence-corrected chi connectivity index (χ4v) is 4.89. The van der Waals surface area contributed by atoms with Crippen molar-refractivity contribution in [2.45, 2.75) is 44.8 Å². The van der Waals surface area contributed by atoms with E-state index >= 15 is 0 Å². The number of anilines is 1. The maximum absolute atomic E-state index is 6.93. The first-order valence-electron chi connectivity index (χ1n) is 8.27. The first kappa shape index (κ1) is 13.6. The number of nitrogens with zero attached hydrogens (tertiary/aromatic N) is 1. The Hall–Kier alpha value is -1.06. The minimum atomic E-state index is -0.126. The molecule has 3 atom stereocenters. The molecule has 0 aromatic heterocycles. The molecule has 1 saturated heterocycles. The lowest BCUT2D eigenvalue weighted by atomic mass is 9.48. The SMILES string of the molecule is CC1(C)C2OCCC2C1(N)CN1CCCc2ccccc21. The number of aryl methyl sites for hydroxylation is 1. The van der Waals surface area contributed by atoms with Crippen LogP contribution in [0, 0.1) is 11.3 Å². The molecule has 1 saturated carbocycles. The van der Waals surface area contributed by atoms with Crippen molar-refractivity contribution in [1.82, 2.24) is 0 Å². The van der Waals surface area contributed by atoms with Gasteiger partial charge < -0.3 is 15.4 Å². The normalized spacial score (nSPS) is 36.8. The molecule has 2 aliphatic heterocycles. The van der Waals surface area contributed by atoms with Crippen LogP contribution in [0.25, 0.3) is 0 Å². The predicted molar refractivity (Wildman–Crippen MR) is 85.5 cm³/mol. The van der Waals surface area contributed by atoms with Crippen molar-refractivity contribution in [2.24, 2.45) is 17.1 Å². The molecule has 3 nitrogen and oxygen atoms in total. The van der Waals surface area contributed by atoms with Crippen LogP contribution in [-0.2, 0) is 11.2 Å². The van der Waals surface area contributed by atoms with Gasteiger partial charge in [-0.3, -0.25) is 0 Å². The molecule has 1 aromatic carbocycles. The Labute approximate surface area is 127 Å². The number of rotatable bonds is 2. The van der Waals surface area contributed by atoms with Crippen LogP contribution in [0.4, 0.5) is 5.69 Å². The van der Waals surface area contributed by atoms with Gasteiger partial charge in [-0.25, -0.2) is 0 Å². The van der Waals surface area contributed by atoms with Crippen LogP contribution in [0.15, 0.2) is 24.3 Å². The molecule has 0 bridgehead atoms. The average molecular weight is 286 g/mol. The van der Waals surface area contributed by atoms with Crippen LogP contribution in [0.3, 0.4) is 0 Å². The molecule has 4 rings (SSSR count). The number of nitrogens with two attached hydrogens (primary N) is 1. The highest BCUT2D eigenvalue weighted by molar-refractivity contribution is 5.56. The highest BCUT2D eigenvalue weighted by Crippen LogP contribution is 2.58. The van der Waals surface area contributed by atoms with Crippen molar-refractivity contribution in [2.75, 3.05) is 24.6 Å². The molecule has 1 aromatic rings. The molecule has 2 fully saturated rings. The Balaban J connectivity index is 1.62. The van der Waals surface area contributed by atoms with Gasteiger partial charge in [-0.2, -0.15) is 0 Å². The van der Waals surface area contributed by atoms with E-state index in [-0.39, 0.29) is 11.0 Å². The summed E-state index contributed by atoms with van der Waals surface area (Å²) < 4.78 is 5.92. The molecular weight excluding hydrogens is 260 g/mol. The van der Waals surface area contributed by atoms with Gasteiger partial charge in [0.05, 0.1) is 6.10 Å². The van der Waals surface area contributed by atoms with E-state index < -0.39 is 0 Å². The van der Waals surface area contributed by atoms with E-state index in [0.29, 0.717) is 12.0 Å². The standard InChI is InChI=1S/C18H26N2O/c1-17(2)16-14(9-11-21-16)18(17,19)12-20-10-5-7-13-6-3-4-8-15(13)20/h3-4,6,8,14,16H,5,7,9-12,19H2,1-2H3. The van der Waals surface area contributed by atoms with Gasteiger partial charge in [0, 0.05) is 42.3 Å². The largest absolute Gasteiger partial charge is 0.377 e. The van der Waals surface area contributed by atoms with Gasteiger partial charge in [0.15, 0.2) is 0 Å². The van der Waals surface area contributed by atoms with Crippen LogP contribution in [0.1, 0.15) is 32.3 Å². The molecular formula is C18H26N2O. The molecule has 2 heterocycles. The van der Waals surface area contributed by atoms with Crippen LogP contribution in [0.5, 0.6) is 0 Å². The Bertz CT molecular complexity index is 556. The number of ether oxygens (including phenoxy) is 1. The fraction of sp³-hybridized carbons (Fsp3) is 0.667. The van der Waals surface area contributed by atoms with Crippen LogP contribution in [0.2, 0.25) is 0 Å². The summed E-state index contributed by atoms with van der Waals surface area (Å²) in [4.78, 5) is 2.52. The second-order valence-corrected chi connectivity index (χ2v) is 7.60. The first-order valence-corrected chi connectivity index (χ1v) is 8.27. The molecule has 3 heteroatoms. The molecule has 0 radical (unpaired) electrons. The molecule has 21 heavy (non-hydrogen) atoms. The van der Waals surface area contributed by atoms with Gasteiger partial charge in [0.2, 0.25) is 0 Å². The Kier molecular flexibility index (Phi) is 2.89. The topological polar surface area (TPSA) is 38.5 Å². The van der Waals surface area contributed by atoms with E-state index in [1.54, 1.807) is 0 Å². The molecule has 3 unspecified atom stereocenters. The molecule has 1 aliphatic carbocycles. The van der Waals surface area contributed by atoms with Crippen molar-refractivity contribution < 1.29 is 4.74 Å². The smallest absolute Gasteiger partial charge is 0.0691 e. The molecule has 3 aliphatic rings. The summed E-state index contributed by atoms with van der Waals surface area (Å²) in [5.41, 5.74) is 9.75. The summed E-state index contributed by atoms with van der Waals surface area (Å²) >= 11 is 0. The van der Waals surface area contributed by atoms with Gasteiger partial charge >= 0.3 is 0 Å². The summed E-state index contributed by atoms with van der Waals surface area (Å²) in [6, 6.07) is 8.81. The van der Waals surface area contributed by atoms with Crippen molar-refractivity contribution in [3.63, 3.8) is 0 Å². The zero-order valence-corrected chi connectivity index (χ0v) is 13.1. The number of para-hydroxylation sites is 1. The third kappa shape index (κ3) is 1.74. The van der Waals surface area contributed by atoms with Crippen LogP contribution in [-0.4, -0.2) is 31.3 Å². The summed E-state index contributed by atoms with van der Waals surface area (Å²) in [6.07, 6.45) is 3.92. The maximum Gasteiger partial charge on any atom is 0.0691 e. The molecule has 2 N–H and O–H groups in total. The Morgan fingerprint density at radius 3 is 3.00 bits per heavy atom. The number of fused-ring (bicyclic) bond motifs is 2. The van der Waals surface area contributed by atoms with Crippen molar-refractivity contribution >= 4 is 5.69 Å². The zero-order valence-electron chi connectivity index (χ0n) is 13.1.